The summed E-state index contributed by atoms with van der Waals surface area (Å²) in [6, 6.07) is 54.4. The Morgan fingerprint density at radius 1 is 0.672 bits per heavy atom. The molecule has 1 atom stereocenters. The van der Waals surface area contributed by atoms with Gasteiger partial charge >= 0.3 is 258 Å². The Kier molecular flexibility index (Phi) is 8.21. The summed E-state index contributed by atoms with van der Waals surface area (Å²) in [4.78, 5) is 10.4. The first-order valence-corrected chi connectivity index (χ1v) is 21.9. The molecule has 3 aliphatic rings. The summed E-state index contributed by atoms with van der Waals surface area (Å²) >= 11 is 0.334. The molecule has 0 saturated carbocycles. The summed E-state index contributed by atoms with van der Waals surface area (Å²) in [6.07, 6.45) is 7.71. The third-order valence-corrected chi connectivity index (χ3v) is 14.4. The van der Waals surface area contributed by atoms with Crippen LogP contribution >= 0.6 is 0 Å². The molecule has 6 aromatic carbocycles. The Bertz CT molecular complexity index is 2850. The summed E-state index contributed by atoms with van der Waals surface area (Å²) in [5.41, 5.74) is 14.6. The molecular formula is C52H42N4OSe. The fourth-order valence-electron chi connectivity index (χ4n) is 8.99. The van der Waals surface area contributed by atoms with Gasteiger partial charge in [-0.3, -0.25) is 0 Å². The summed E-state index contributed by atoms with van der Waals surface area (Å²) in [5.74, 6) is 2.64. The molecule has 0 amide bonds. The zero-order valence-corrected chi connectivity index (χ0v) is 34.5. The van der Waals surface area contributed by atoms with E-state index in [2.05, 4.69) is 199 Å². The summed E-state index contributed by atoms with van der Waals surface area (Å²) in [7, 11) is 0. The van der Waals surface area contributed by atoms with Crippen LogP contribution in [0.4, 0.5) is 22.7 Å². The van der Waals surface area contributed by atoms with Gasteiger partial charge in [0.15, 0.2) is 0 Å². The molecule has 0 radical (unpaired) electrons. The first-order chi connectivity index (χ1) is 28.4. The molecule has 58 heavy (non-hydrogen) atoms. The Hall–Kier alpha value is -6.33. The van der Waals surface area contributed by atoms with Crippen molar-refractivity contribution in [2.45, 2.75) is 37.4 Å². The maximum atomic E-state index is 6.89. The van der Waals surface area contributed by atoms with E-state index in [1.807, 2.05) is 6.20 Å². The van der Waals surface area contributed by atoms with Crippen LogP contribution < -0.4 is 19.0 Å². The second-order valence-corrected chi connectivity index (χ2v) is 19.0. The van der Waals surface area contributed by atoms with E-state index in [0.29, 0.717) is 26.4 Å². The van der Waals surface area contributed by atoms with Crippen LogP contribution in [0.5, 0.6) is 11.5 Å². The van der Waals surface area contributed by atoms with Gasteiger partial charge in [-0.25, -0.2) is 0 Å². The molecule has 0 saturated heterocycles. The minimum absolute atomic E-state index is 0.0199. The van der Waals surface area contributed by atoms with Crippen molar-refractivity contribution >= 4 is 59.1 Å². The topological polar surface area (TPSA) is 33.5 Å². The number of aromatic nitrogens is 2. The van der Waals surface area contributed by atoms with Gasteiger partial charge in [-0.15, -0.1) is 0 Å². The van der Waals surface area contributed by atoms with Crippen LogP contribution in [-0.2, 0) is 5.41 Å². The fraction of sp³-hybridized carbons (Fsp3) is 0.135. The first-order valence-electron chi connectivity index (χ1n) is 20.1. The van der Waals surface area contributed by atoms with Crippen molar-refractivity contribution in [3.63, 3.8) is 0 Å². The fourth-order valence-corrected chi connectivity index (χ4v) is 11.9. The van der Waals surface area contributed by atoms with Crippen molar-refractivity contribution in [3.05, 3.63) is 181 Å². The number of ether oxygens (including phenoxy) is 1. The SMILES string of the molecule is CC(C)(C)c1ccnc(-n2c3c4c5c(cc(Oc6cccc(N7CN(c8c(-c9ccccc9)cccc8-c8ccccc8)c8ccccc87)c6)cc52)[Se]C4CC=C3)c1. The second kappa shape index (κ2) is 13.7. The Morgan fingerprint density at radius 2 is 1.36 bits per heavy atom. The summed E-state index contributed by atoms with van der Waals surface area (Å²) in [5, 5.41) is 1.40. The Labute approximate surface area is 346 Å². The van der Waals surface area contributed by atoms with Gasteiger partial charge in [0.1, 0.15) is 0 Å². The van der Waals surface area contributed by atoms with Crippen LogP contribution in [0, 0.1) is 0 Å². The van der Waals surface area contributed by atoms with Crippen LogP contribution in [0.15, 0.2) is 164 Å². The van der Waals surface area contributed by atoms with E-state index in [0.717, 1.165) is 35.1 Å². The van der Waals surface area contributed by atoms with E-state index in [-0.39, 0.29) is 5.41 Å². The number of fused-ring (bicyclic) bond motifs is 1. The number of hydrogen-bond donors (Lipinski definition) is 0. The minimum atomic E-state index is 0.0199. The van der Waals surface area contributed by atoms with Gasteiger partial charge in [-0.2, -0.15) is 0 Å². The average molecular weight is 818 g/mol. The number of para-hydroxylation sites is 3. The van der Waals surface area contributed by atoms with Crippen LogP contribution in [0.25, 0.3) is 45.1 Å². The summed E-state index contributed by atoms with van der Waals surface area (Å²) < 4.78 is 10.7. The molecule has 282 valence electrons. The molecule has 1 unspecified atom stereocenters. The molecule has 6 heteroatoms. The second-order valence-electron chi connectivity index (χ2n) is 16.4. The molecule has 0 N–H and O–H groups in total. The zero-order valence-electron chi connectivity index (χ0n) is 32.8. The average Bonchev–Trinajstić information content (AvgIpc) is 3.94. The third-order valence-electron chi connectivity index (χ3n) is 11.7. The quantitative estimate of drug-likeness (QED) is 0.150. The van der Waals surface area contributed by atoms with Crippen LogP contribution in [0.1, 0.15) is 48.8 Å². The molecule has 8 aromatic rings. The number of benzene rings is 6. The van der Waals surface area contributed by atoms with Gasteiger partial charge in [0.05, 0.1) is 0 Å². The summed E-state index contributed by atoms with van der Waals surface area (Å²) in [6.45, 7) is 7.44. The Balaban J connectivity index is 0.983. The van der Waals surface area contributed by atoms with Gasteiger partial charge in [-0.1, -0.05) is 78.9 Å². The van der Waals surface area contributed by atoms with Gasteiger partial charge in [0.2, 0.25) is 0 Å². The first kappa shape index (κ1) is 34.9. The molecule has 0 fully saturated rings. The number of anilines is 4. The molecule has 0 bridgehead atoms. The molecule has 4 heterocycles. The molecule has 5 nitrogen and oxygen atoms in total. The Morgan fingerprint density at radius 3 is 2.09 bits per heavy atom. The van der Waals surface area contributed by atoms with Crippen molar-refractivity contribution in [1.29, 1.82) is 0 Å². The van der Waals surface area contributed by atoms with Crippen LogP contribution in [0.3, 0.4) is 0 Å². The van der Waals surface area contributed by atoms with Crippen LogP contribution in [0.2, 0.25) is 0 Å². The van der Waals surface area contributed by atoms with E-state index in [1.54, 1.807) is 0 Å². The molecular weight excluding hydrogens is 776 g/mol. The molecule has 0 spiro atoms. The van der Waals surface area contributed by atoms with E-state index >= 15 is 0 Å². The van der Waals surface area contributed by atoms with E-state index < -0.39 is 0 Å². The van der Waals surface area contributed by atoms with Gasteiger partial charge in [0.25, 0.3) is 0 Å². The van der Waals surface area contributed by atoms with Crippen molar-refractivity contribution in [2.24, 2.45) is 0 Å². The van der Waals surface area contributed by atoms with Gasteiger partial charge in [-0.05, 0) is 11.1 Å². The van der Waals surface area contributed by atoms with Crippen molar-refractivity contribution < 1.29 is 4.74 Å². The van der Waals surface area contributed by atoms with Crippen molar-refractivity contribution in [2.75, 3.05) is 16.5 Å². The standard InChI is InChI=1S/C52H42N4OSe/c1-52(2,3)36-27-28-53-48(29-36)56-44-25-14-26-46-49(44)50-45(56)31-39(32-47(50)58-46)57-38-20-12-19-37(30-38)54-33-55(43-24-11-10-23-42(43)54)51-40(34-15-6-4-7-16-34)21-13-22-41(51)35-17-8-5-9-18-35/h4-25,27-32,46H,26,33H2,1-3H3. The van der Waals surface area contributed by atoms with Crippen LogP contribution in [-0.4, -0.2) is 31.2 Å². The van der Waals surface area contributed by atoms with Crippen molar-refractivity contribution in [3.8, 4) is 39.6 Å². The third kappa shape index (κ3) is 5.78. The molecule has 1 aliphatic carbocycles. The number of hydrogen-bond acceptors (Lipinski definition) is 4. The predicted octanol–water partition coefficient (Wildman–Crippen LogP) is 12.5. The number of pyridine rings is 1. The van der Waals surface area contributed by atoms with E-state index in [4.69, 9.17) is 9.72 Å². The molecule has 2 aliphatic heterocycles. The maximum absolute atomic E-state index is 6.89. The van der Waals surface area contributed by atoms with E-state index in [9.17, 15) is 0 Å². The van der Waals surface area contributed by atoms with Gasteiger partial charge < -0.3 is 0 Å². The van der Waals surface area contributed by atoms with E-state index in [1.165, 1.54) is 65.8 Å². The van der Waals surface area contributed by atoms with Crippen molar-refractivity contribution in [1.82, 2.24) is 9.55 Å². The van der Waals surface area contributed by atoms with Gasteiger partial charge in [0, 0.05) is 0 Å². The predicted molar refractivity (Wildman–Crippen MR) is 241 cm³/mol. The zero-order chi connectivity index (χ0) is 39.0. The molecule has 2 aromatic heterocycles. The molecule has 11 rings (SSSR count). The normalized spacial score (nSPS) is 15.3. The number of nitrogens with zero attached hydrogens (tertiary/aromatic N) is 4. The monoisotopic (exact) mass is 818 g/mol. The number of rotatable bonds is 7. The number of allylic oxidation sites excluding steroid dienone is 1.